The normalized spacial score (nSPS) is 18.3. The van der Waals surface area contributed by atoms with Crippen LogP contribution in [0.5, 0.6) is 0 Å². The second-order valence-corrected chi connectivity index (χ2v) is 6.61. The van der Waals surface area contributed by atoms with E-state index < -0.39 is 10.0 Å². The van der Waals surface area contributed by atoms with Crippen molar-refractivity contribution >= 4 is 34.0 Å². The van der Waals surface area contributed by atoms with Gasteiger partial charge in [0.15, 0.2) is 0 Å². The van der Waals surface area contributed by atoms with E-state index in [1.807, 2.05) is 6.07 Å². The lowest BCUT2D eigenvalue weighted by Crippen LogP contribution is -2.30. The molecule has 1 heterocycles. The lowest BCUT2D eigenvalue weighted by Gasteiger charge is -2.11. The van der Waals surface area contributed by atoms with Crippen molar-refractivity contribution in [1.29, 1.82) is 5.26 Å². The topological polar surface area (TPSA) is 82.0 Å². The molecule has 0 aromatic heterocycles. The molecule has 1 atom stereocenters. The number of rotatable bonds is 4. The third-order valence-electron chi connectivity index (χ3n) is 3.07. The maximum absolute atomic E-state index is 12.1. The van der Waals surface area contributed by atoms with Crippen LogP contribution < -0.4 is 10.0 Å². The van der Waals surface area contributed by atoms with Crippen LogP contribution in [0, 0.1) is 17.2 Å². The van der Waals surface area contributed by atoms with E-state index in [2.05, 4.69) is 10.0 Å². The second-order valence-electron chi connectivity index (χ2n) is 4.47. The van der Waals surface area contributed by atoms with Gasteiger partial charge in [0.05, 0.1) is 16.7 Å². The standard InChI is InChI=1S/C12H14ClN3O2S.ClH/c13-11-5-9(6-14)1-2-12(11)19(17,18)16-8-10-3-4-15-7-10;/h1-2,5,10,15-16H,3-4,7-8H2;1H. The number of benzene rings is 1. The third-order valence-corrected chi connectivity index (χ3v) is 4.98. The van der Waals surface area contributed by atoms with Crippen LogP contribution in [0.4, 0.5) is 0 Å². The molecule has 1 aromatic carbocycles. The molecule has 5 nitrogen and oxygen atoms in total. The number of hydrogen-bond acceptors (Lipinski definition) is 4. The average molecular weight is 336 g/mol. The van der Waals surface area contributed by atoms with Gasteiger partial charge in [0.25, 0.3) is 0 Å². The summed E-state index contributed by atoms with van der Waals surface area (Å²) in [5.74, 6) is 0.312. The Labute approximate surface area is 129 Å². The summed E-state index contributed by atoms with van der Waals surface area (Å²) in [6.45, 7) is 2.14. The molecule has 1 aliphatic rings. The molecule has 0 aliphatic carbocycles. The molecule has 0 bridgehead atoms. The molecular formula is C12H15Cl2N3O2S. The van der Waals surface area contributed by atoms with Crippen LogP contribution >= 0.6 is 24.0 Å². The Morgan fingerprint density at radius 3 is 2.80 bits per heavy atom. The van der Waals surface area contributed by atoms with Crippen molar-refractivity contribution < 1.29 is 8.42 Å². The molecule has 1 aromatic rings. The van der Waals surface area contributed by atoms with E-state index in [1.165, 1.54) is 18.2 Å². The largest absolute Gasteiger partial charge is 0.316 e. The molecule has 1 saturated heterocycles. The predicted molar refractivity (Wildman–Crippen MR) is 79.6 cm³/mol. The molecule has 0 amide bonds. The van der Waals surface area contributed by atoms with Crippen molar-refractivity contribution in [2.45, 2.75) is 11.3 Å². The number of nitriles is 1. The van der Waals surface area contributed by atoms with Crippen LogP contribution in [-0.2, 0) is 10.0 Å². The monoisotopic (exact) mass is 335 g/mol. The van der Waals surface area contributed by atoms with E-state index in [4.69, 9.17) is 16.9 Å². The fourth-order valence-corrected chi connectivity index (χ4v) is 3.64. The van der Waals surface area contributed by atoms with Gasteiger partial charge in [-0.1, -0.05) is 11.6 Å². The first-order chi connectivity index (χ1) is 9.03. The summed E-state index contributed by atoms with van der Waals surface area (Å²) in [4.78, 5) is 0.0131. The minimum atomic E-state index is -3.62. The van der Waals surface area contributed by atoms with Gasteiger partial charge in [-0.15, -0.1) is 12.4 Å². The van der Waals surface area contributed by atoms with Crippen LogP contribution in [0.2, 0.25) is 5.02 Å². The summed E-state index contributed by atoms with van der Waals surface area (Å²) in [5.41, 5.74) is 0.337. The molecule has 110 valence electrons. The van der Waals surface area contributed by atoms with Crippen molar-refractivity contribution in [2.24, 2.45) is 5.92 Å². The highest BCUT2D eigenvalue weighted by Crippen LogP contribution is 2.22. The van der Waals surface area contributed by atoms with Gasteiger partial charge in [0, 0.05) is 6.54 Å². The molecule has 1 aliphatic heterocycles. The number of nitrogens with zero attached hydrogens (tertiary/aromatic N) is 1. The molecule has 8 heteroatoms. The van der Waals surface area contributed by atoms with E-state index in [0.717, 1.165) is 19.5 Å². The molecule has 0 radical (unpaired) electrons. The lowest BCUT2D eigenvalue weighted by molar-refractivity contribution is 0.539. The number of hydrogen-bond donors (Lipinski definition) is 2. The zero-order valence-corrected chi connectivity index (χ0v) is 13.0. The summed E-state index contributed by atoms with van der Waals surface area (Å²) in [6, 6.07) is 6.07. The molecule has 20 heavy (non-hydrogen) atoms. The van der Waals surface area contributed by atoms with Gasteiger partial charge in [0.2, 0.25) is 10.0 Å². The summed E-state index contributed by atoms with van der Waals surface area (Å²) in [7, 11) is -3.62. The highest BCUT2D eigenvalue weighted by Gasteiger charge is 2.21. The van der Waals surface area contributed by atoms with Crippen LogP contribution in [-0.4, -0.2) is 28.1 Å². The Hall–Kier alpha value is -0.840. The lowest BCUT2D eigenvalue weighted by atomic mass is 10.1. The first kappa shape index (κ1) is 17.2. The molecule has 0 saturated carbocycles. The summed E-state index contributed by atoms with van der Waals surface area (Å²) in [6.07, 6.45) is 0.962. The molecule has 0 spiro atoms. The van der Waals surface area contributed by atoms with Crippen LogP contribution in [0.1, 0.15) is 12.0 Å². The first-order valence-electron chi connectivity index (χ1n) is 5.93. The number of nitrogens with one attached hydrogen (secondary N) is 2. The summed E-state index contributed by atoms with van der Waals surface area (Å²) < 4.78 is 26.8. The van der Waals surface area contributed by atoms with Gasteiger partial charge in [-0.3, -0.25) is 0 Å². The molecule has 1 unspecified atom stereocenters. The van der Waals surface area contributed by atoms with Crippen molar-refractivity contribution in [3.05, 3.63) is 28.8 Å². The van der Waals surface area contributed by atoms with Gasteiger partial charge in [-0.05, 0) is 43.6 Å². The maximum Gasteiger partial charge on any atom is 0.242 e. The Bertz CT molecular complexity index is 608. The van der Waals surface area contributed by atoms with Gasteiger partial charge < -0.3 is 5.32 Å². The summed E-state index contributed by atoms with van der Waals surface area (Å²) >= 11 is 5.91. The van der Waals surface area contributed by atoms with Gasteiger partial charge in [0.1, 0.15) is 4.90 Å². The highest BCUT2D eigenvalue weighted by molar-refractivity contribution is 7.89. The van der Waals surface area contributed by atoms with E-state index in [9.17, 15) is 8.42 Å². The van der Waals surface area contributed by atoms with E-state index in [0.29, 0.717) is 18.0 Å². The van der Waals surface area contributed by atoms with Crippen molar-refractivity contribution in [2.75, 3.05) is 19.6 Å². The molecular weight excluding hydrogens is 321 g/mol. The number of halogens is 2. The third kappa shape index (κ3) is 4.08. The Kier molecular flexibility index (Phi) is 6.24. The molecule has 2 rings (SSSR count). The van der Waals surface area contributed by atoms with Crippen molar-refractivity contribution in [1.82, 2.24) is 10.0 Å². The molecule has 1 fully saturated rings. The Balaban J connectivity index is 0.00000200. The van der Waals surface area contributed by atoms with E-state index in [-0.39, 0.29) is 22.3 Å². The second kappa shape index (κ2) is 7.25. The number of sulfonamides is 1. The van der Waals surface area contributed by atoms with E-state index in [1.54, 1.807) is 0 Å². The highest BCUT2D eigenvalue weighted by atomic mass is 35.5. The van der Waals surface area contributed by atoms with E-state index >= 15 is 0 Å². The van der Waals surface area contributed by atoms with Crippen molar-refractivity contribution in [3.63, 3.8) is 0 Å². The fraction of sp³-hybridized carbons (Fsp3) is 0.417. The zero-order valence-electron chi connectivity index (χ0n) is 10.6. The van der Waals surface area contributed by atoms with Crippen molar-refractivity contribution in [3.8, 4) is 6.07 Å². The van der Waals surface area contributed by atoms with Crippen LogP contribution in [0.3, 0.4) is 0 Å². The fourth-order valence-electron chi connectivity index (χ4n) is 1.98. The Morgan fingerprint density at radius 2 is 2.25 bits per heavy atom. The van der Waals surface area contributed by atoms with Crippen LogP contribution in [0.25, 0.3) is 0 Å². The molecule has 2 N–H and O–H groups in total. The predicted octanol–water partition coefficient (Wildman–Crippen LogP) is 1.52. The van der Waals surface area contributed by atoms with Gasteiger partial charge in [-0.25, -0.2) is 13.1 Å². The maximum atomic E-state index is 12.1. The zero-order chi connectivity index (χ0) is 13.9. The van der Waals surface area contributed by atoms with Gasteiger partial charge >= 0.3 is 0 Å². The Morgan fingerprint density at radius 1 is 1.50 bits per heavy atom. The van der Waals surface area contributed by atoms with Crippen LogP contribution in [0.15, 0.2) is 23.1 Å². The smallest absolute Gasteiger partial charge is 0.242 e. The first-order valence-corrected chi connectivity index (χ1v) is 7.79. The average Bonchev–Trinajstić information content (AvgIpc) is 2.89. The quantitative estimate of drug-likeness (QED) is 0.873. The SMILES string of the molecule is Cl.N#Cc1ccc(S(=O)(=O)NCC2CCNC2)c(Cl)c1. The minimum absolute atomic E-state index is 0. The summed E-state index contributed by atoms with van der Waals surface area (Å²) in [5, 5.41) is 12.0. The van der Waals surface area contributed by atoms with Gasteiger partial charge in [-0.2, -0.15) is 5.26 Å². The minimum Gasteiger partial charge on any atom is -0.316 e.